The van der Waals surface area contributed by atoms with Crippen LogP contribution < -0.4 is 32.9 Å². The van der Waals surface area contributed by atoms with Crippen LogP contribution in [-0.2, 0) is 43.1 Å². The maximum Gasteiger partial charge on any atom is 2.00 e. The topological polar surface area (TPSA) is 229 Å². The van der Waals surface area contributed by atoms with Crippen LogP contribution in [0, 0.1) is 7.43 Å². The molecule has 4 atom stereocenters. The van der Waals surface area contributed by atoms with Gasteiger partial charge in [-0.3, -0.25) is 43.7 Å². The van der Waals surface area contributed by atoms with Crippen LogP contribution in [0.4, 0.5) is 0 Å². The van der Waals surface area contributed by atoms with E-state index in [1.54, 1.807) is 11.8 Å². The number of alkyl halides is 1. The van der Waals surface area contributed by atoms with E-state index >= 15 is 0 Å². The Morgan fingerprint density at radius 1 is 0.789 bits per heavy atom. The summed E-state index contributed by atoms with van der Waals surface area (Å²) in [6, 6.07) is 0.677. The Morgan fingerprint density at radius 3 is 1.40 bits per heavy atom. The summed E-state index contributed by atoms with van der Waals surface area (Å²) in [5, 5.41) is 25.8. The molecule has 0 aromatic rings. The maximum atomic E-state index is 11.5. The molecule has 0 spiro atoms. The van der Waals surface area contributed by atoms with Gasteiger partial charge in [0.2, 0.25) is 35.4 Å². The van der Waals surface area contributed by atoms with Gasteiger partial charge in [0.15, 0.2) is 0 Å². The molecule has 4 unspecified atom stereocenters. The Balaban J connectivity index is -0.000000108. The van der Waals surface area contributed by atoms with Crippen molar-refractivity contribution in [3.05, 3.63) is 7.43 Å². The van der Waals surface area contributed by atoms with Gasteiger partial charge in [-0.2, -0.15) is 0 Å². The molecule has 6 amide bonds. The molecule has 0 radical (unpaired) electrons. The number of halogens is 2. The summed E-state index contributed by atoms with van der Waals surface area (Å²) < 4.78 is 5.16. The van der Waals surface area contributed by atoms with Gasteiger partial charge in [-0.15, -0.1) is 0 Å². The zero-order valence-corrected chi connectivity index (χ0v) is 37.9. The van der Waals surface area contributed by atoms with Crippen LogP contribution in [0.5, 0.6) is 0 Å². The molecule has 19 heteroatoms. The van der Waals surface area contributed by atoms with Crippen molar-refractivity contribution < 1.29 is 70.3 Å². The zero-order valence-electron chi connectivity index (χ0n) is 33.4. The number of carbonyl (C=O) groups excluding carboxylic acids is 7. The van der Waals surface area contributed by atoms with Crippen molar-refractivity contribution >= 4 is 86.4 Å². The molecule has 5 rings (SSSR count). The molecule has 5 saturated heterocycles. The largest absolute Gasteiger partial charge is 2.00 e. The first-order chi connectivity index (χ1) is 23.5. The normalized spacial score (nSPS) is 22.2. The number of carboxylic acids is 1. The Hall–Kier alpha value is -2.35. The molecule has 0 aliphatic carbocycles. The van der Waals surface area contributed by atoms with Gasteiger partial charge < -0.3 is 59.8 Å². The van der Waals surface area contributed by atoms with Gasteiger partial charge in [0, 0.05) is 68.4 Å². The summed E-state index contributed by atoms with van der Waals surface area (Å²) in [7, 11) is 0. The van der Waals surface area contributed by atoms with Gasteiger partial charge in [-0.25, -0.2) is 0 Å². The summed E-state index contributed by atoms with van der Waals surface area (Å²) in [6.07, 6.45) is 6.13. The number of aliphatic carboxylic acids is 1. The Kier molecular flexibility index (Phi) is 41.9. The summed E-state index contributed by atoms with van der Waals surface area (Å²) >= 11 is 3.15. The second-order valence-electron chi connectivity index (χ2n) is 13.9. The van der Waals surface area contributed by atoms with Gasteiger partial charge in [0.25, 0.3) is 0 Å². The molecule has 5 N–H and O–H groups in total. The third-order valence-corrected chi connectivity index (χ3v) is 7.60. The summed E-state index contributed by atoms with van der Waals surface area (Å²) in [5.74, 6) is -1.41. The smallest absolute Gasteiger partial charge is 1.00 e. The molecule has 5 fully saturated rings. The van der Waals surface area contributed by atoms with Crippen molar-refractivity contribution in [3.63, 3.8) is 0 Å². The zero-order chi connectivity index (χ0) is 39.5. The van der Waals surface area contributed by atoms with E-state index in [4.69, 9.17) is 14.9 Å². The van der Waals surface area contributed by atoms with E-state index in [0.29, 0.717) is 44.6 Å². The number of carboxylic acid groups (broad SMARTS) is 1. The number of imide groups is 1. The van der Waals surface area contributed by atoms with Gasteiger partial charge >= 0.3 is 35.0 Å². The van der Waals surface area contributed by atoms with E-state index in [0.717, 1.165) is 31.0 Å². The van der Waals surface area contributed by atoms with E-state index in [-0.39, 0.29) is 136 Å². The molecule has 0 aromatic carbocycles. The molecule has 0 aromatic heterocycles. The SMILES string of the molecule is C.C.C.CC1(O)CCC(=O)N1.CC1CCC(=O)N1.CC1CCC(=O)N1CC(=O)O.CC1CCC(=O)N1CC(=O)OC(C)(C)C.CCBr.O=C1CCC(=O)N1.[Br-].[CH3-].[Mg+2]. The Bertz CT molecular complexity index is 1220. The Morgan fingerprint density at radius 2 is 1.21 bits per heavy atom. The number of likely N-dealkylation sites (tertiary alicyclic amines) is 2. The number of ether oxygens (including phenoxy) is 1. The number of carbonyl (C=O) groups is 8. The van der Waals surface area contributed by atoms with Crippen LogP contribution in [0.3, 0.4) is 0 Å². The fourth-order valence-corrected chi connectivity index (χ4v) is 4.96. The number of amides is 6. The third kappa shape index (κ3) is 33.2. The average molecular weight is 960 g/mol. The van der Waals surface area contributed by atoms with Crippen molar-refractivity contribution in [2.45, 2.75) is 171 Å². The number of esters is 1. The van der Waals surface area contributed by atoms with Crippen LogP contribution in [0.1, 0.15) is 142 Å². The van der Waals surface area contributed by atoms with Gasteiger partial charge in [-0.1, -0.05) is 45.1 Å². The fraction of sp³-hybridized carbons (Fsp3) is 0.763. The predicted octanol–water partition coefficient (Wildman–Crippen LogP) is 1.12. The molecule has 16 nitrogen and oxygen atoms in total. The van der Waals surface area contributed by atoms with Gasteiger partial charge in [0.1, 0.15) is 24.4 Å². The van der Waals surface area contributed by atoms with E-state index in [1.807, 2.05) is 48.5 Å². The standard InChI is InChI=1S/C11H19NO3.C7H11NO3.C5H9NO2.C5H9NO.C4H5NO2.C2H5Br.3CH4.CH3.BrH.Mg/c1-8-5-6-9(13)12(8)7-10(14)15-11(2,3)4;1-5-2-3-6(9)8(5)4-7(10)11;1-5(8)3-2-4(7)6-5;1-4-2-3-5(7)6-4;6-3-1-2-4(7)5-3;1-2-3;;;;;;/h8H,5-7H2,1-4H3;5H,2-4H2,1H3,(H,10,11);8H,2-3H2,1H3,(H,6,7);4H,2-3H2,1H3,(H,6,7);1-2H2,(H,5,6,7);2H2,1H3;3*1H4;1H3;1H;/q;;;;;;;;;-1;;+2/p-1. The molecule has 332 valence electrons. The summed E-state index contributed by atoms with van der Waals surface area (Å²) in [4.78, 5) is 88.1. The van der Waals surface area contributed by atoms with Crippen molar-refractivity contribution in [1.29, 1.82) is 0 Å². The summed E-state index contributed by atoms with van der Waals surface area (Å²) in [5.41, 5.74) is -1.42. The minimum atomic E-state index is -0.938. The number of nitrogens with zero attached hydrogens (tertiary/aromatic N) is 2. The molecular formula is C38H73Br2MgN5O11. The van der Waals surface area contributed by atoms with E-state index in [1.165, 1.54) is 4.90 Å². The van der Waals surface area contributed by atoms with E-state index in [2.05, 4.69) is 31.9 Å². The van der Waals surface area contributed by atoms with E-state index < -0.39 is 17.3 Å². The first kappa shape index (κ1) is 69.3. The first-order valence-corrected chi connectivity index (χ1v) is 18.4. The Labute approximate surface area is 377 Å². The quantitative estimate of drug-likeness (QED) is 0.0882. The maximum absolute atomic E-state index is 11.5. The van der Waals surface area contributed by atoms with Crippen LogP contribution in [0.2, 0.25) is 0 Å². The molecule has 5 aliphatic rings. The number of rotatable bonds is 4. The first-order valence-electron chi connectivity index (χ1n) is 17.2. The molecule has 5 heterocycles. The molecule has 0 saturated carbocycles. The van der Waals surface area contributed by atoms with Crippen LogP contribution in [0.25, 0.3) is 0 Å². The fourth-order valence-electron chi connectivity index (χ4n) is 4.96. The minimum absolute atomic E-state index is 0. The molecular weight excluding hydrogens is 887 g/mol. The number of aliphatic hydroxyl groups is 1. The molecule has 57 heavy (non-hydrogen) atoms. The number of hydrogen-bond acceptors (Lipinski definition) is 10. The van der Waals surface area contributed by atoms with Crippen molar-refractivity contribution in [1.82, 2.24) is 25.8 Å². The molecule has 5 aliphatic heterocycles. The van der Waals surface area contributed by atoms with Crippen molar-refractivity contribution in [2.24, 2.45) is 0 Å². The van der Waals surface area contributed by atoms with Gasteiger partial charge in [0.05, 0.1) is 0 Å². The number of hydrogen-bond donors (Lipinski definition) is 5. The second kappa shape index (κ2) is 34.5. The van der Waals surface area contributed by atoms with Crippen LogP contribution in [0.15, 0.2) is 0 Å². The number of nitrogens with one attached hydrogen (secondary N) is 3. The predicted molar refractivity (Wildman–Crippen MR) is 223 cm³/mol. The van der Waals surface area contributed by atoms with Crippen LogP contribution >= 0.6 is 15.9 Å². The van der Waals surface area contributed by atoms with E-state index in [9.17, 15) is 38.4 Å². The van der Waals surface area contributed by atoms with Crippen LogP contribution in [-0.4, -0.2) is 138 Å². The second-order valence-corrected chi connectivity index (χ2v) is 15.0. The monoisotopic (exact) mass is 957 g/mol. The summed E-state index contributed by atoms with van der Waals surface area (Å²) in [6.45, 7) is 14.9. The van der Waals surface area contributed by atoms with Gasteiger partial charge in [-0.05, 0) is 67.7 Å². The third-order valence-electron chi connectivity index (χ3n) is 7.60. The average Bonchev–Trinajstić information content (AvgIpc) is 3.80. The minimum Gasteiger partial charge on any atom is -1.00 e. The van der Waals surface area contributed by atoms with Crippen molar-refractivity contribution in [3.8, 4) is 0 Å². The molecule has 0 bridgehead atoms. The van der Waals surface area contributed by atoms with Crippen molar-refractivity contribution in [2.75, 3.05) is 18.4 Å².